The van der Waals surface area contributed by atoms with Crippen LogP contribution < -0.4 is 0 Å². The minimum absolute atomic E-state index is 0.103. The maximum atomic E-state index is 12.1. The standard InChI is InChI=1S/C12H21NO5.C5H12.2C2H6/c1-11(2,3)18-10(16)13-8(9(15)6-14)7-17-12(13,4)5;1-3-5-4-2;2*1-2/h6,8-9,15H,7H2,1-5H3;3-5H2,1-2H3;2*1-2H3. The molecule has 1 N–H and O–H groups in total. The predicted molar refractivity (Wildman–Crippen MR) is 112 cm³/mol. The molecule has 2 atom stereocenters. The number of hydrogen-bond acceptors (Lipinski definition) is 5. The van der Waals surface area contributed by atoms with E-state index < -0.39 is 29.6 Å². The van der Waals surface area contributed by atoms with Crippen LogP contribution in [0.15, 0.2) is 0 Å². The van der Waals surface area contributed by atoms with Gasteiger partial charge in [0.2, 0.25) is 0 Å². The zero-order valence-corrected chi connectivity index (χ0v) is 19.6. The Balaban J connectivity index is -0.000000543. The lowest BCUT2D eigenvalue weighted by molar-refractivity contribution is -0.118. The first-order valence-corrected chi connectivity index (χ1v) is 10.3. The van der Waals surface area contributed by atoms with Gasteiger partial charge in [0, 0.05) is 0 Å². The number of amides is 1. The van der Waals surface area contributed by atoms with Crippen molar-refractivity contribution in [1.82, 2.24) is 4.90 Å². The van der Waals surface area contributed by atoms with Crippen molar-refractivity contribution < 1.29 is 24.2 Å². The van der Waals surface area contributed by atoms with Crippen LogP contribution in [0.4, 0.5) is 4.79 Å². The molecule has 0 aromatic heterocycles. The van der Waals surface area contributed by atoms with Crippen LogP contribution in [0.5, 0.6) is 0 Å². The Labute approximate surface area is 167 Å². The summed E-state index contributed by atoms with van der Waals surface area (Å²) in [5.74, 6) is 0. The first-order valence-electron chi connectivity index (χ1n) is 10.3. The molecule has 27 heavy (non-hydrogen) atoms. The first kappa shape index (κ1) is 30.6. The van der Waals surface area contributed by atoms with E-state index in [1.54, 1.807) is 34.6 Å². The molecule has 6 heteroatoms. The molecule has 0 bridgehead atoms. The monoisotopic (exact) mass is 391 g/mol. The number of nitrogens with zero attached hydrogens (tertiary/aromatic N) is 1. The molecule has 1 aliphatic heterocycles. The molecule has 1 fully saturated rings. The van der Waals surface area contributed by atoms with Crippen molar-refractivity contribution in [3.8, 4) is 0 Å². The van der Waals surface area contributed by atoms with Gasteiger partial charge in [-0.2, -0.15) is 0 Å². The lowest BCUT2D eigenvalue weighted by atomic mass is 10.1. The smallest absolute Gasteiger partial charge is 0.413 e. The lowest BCUT2D eigenvalue weighted by Gasteiger charge is -2.35. The third kappa shape index (κ3) is 12.8. The molecule has 6 nitrogen and oxygen atoms in total. The van der Waals surface area contributed by atoms with Crippen LogP contribution in [-0.4, -0.2) is 52.5 Å². The van der Waals surface area contributed by atoms with Gasteiger partial charge in [-0.25, -0.2) is 4.79 Å². The van der Waals surface area contributed by atoms with E-state index in [1.807, 2.05) is 27.7 Å². The number of unbranched alkanes of at least 4 members (excludes halogenated alkanes) is 2. The van der Waals surface area contributed by atoms with E-state index in [0.29, 0.717) is 6.29 Å². The zero-order chi connectivity index (χ0) is 22.3. The van der Waals surface area contributed by atoms with E-state index in [4.69, 9.17) is 9.47 Å². The van der Waals surface area contributed by atoms with Gasteiger partial charge in [0.15, 0.2) is 6.29 Å². The average molecular weight is 392 g/mol. The van der Waals surface area contributed by atoms with E-state index in [0.717, 1.165) is 0 Å². The van der Waals surface area contributed by atoms with Crippen LogP contribution in [0.2, 0.25) is 0 Å². The van der Waals surface area contributed by atoms with Crippen molar-refractivity contribution in [2.24, 2.45) is 0 Å². The highest BCUT2D eigenvalue weighted by Crippen LogP contribution is 2.30. The minimum atomic E-state index is -1.28. The number of carbonyl (C=O) groups excluding carboxylic acids is 2. The van der Waals surface area contributed by atoms with Gasteiger partial charge in [-0.05, 0) is 34.6 Å². The summed E-state index contributed by atoms with van der Waals surface area (Å²) in [4.78, 5) is 24.1. The number of aliphatic hydroxyl groups excluding tert-OH is 1. The van der Waals surface area contributed by atoms with E-state index >= 15 is 0 Å². The van der Waals surface area contributed by atoms with Crippen molar-refractivity contribution >= 4 is 12.4 Å². The fraction of sp³-hybridized carbons (Fsp3) is 0.905. The van der Waals surface area contributed by atoms with E-state index in [-0.39, 0.29) is 6.61 Å². The third-order valence-corrected chi connectivity index (χ3v) is 3.35. The third-order valence-electron chi connectivity index (χ3n) is 3.35. The Morgan fingerprint density at radius 3 is 1.96 bits per heavy atom. The maximum Gasteiger partial charge on any atom is 0.413 e. The number of hydrogen-bond donors (Lipinski definition) is 1. The van der Waals surface area contributed by atoms with Crippen molar-refractivity contribution in [1.29, 1.82) is 0 Å². The Hall–Kier alpha value is -1.14. The number of ether oxygens (including phenoxy) is 2. The molecule has 0 aliphatic carbocycles. The second-order valence-corrected chi connectivity index (χ2v) is 7.16. The number of carbonyl (C=O) groups is 2. The summed E-state index contributed by atoms with van der Waals surface area (Å²) in [6, 6.07) is -0.715. The van der Waals surface area contributed by atoms with Crippen LogP contribution in [0.1, 0.15) is 95.4 Å². The van der Waals surface area contributed by atoms with Gasteiger partial charge in [-0.15, -0.1) is 0 Å². The summed E-state index contributed by atoms with van der Waals surface area (Å²) in [6.07, 6.45) is 2.59. The van der Waals surface area contributed by atoms with E-state index in [2.05, 4.69) is 13.8 Å². The fourth-order valence-electron chi connectivity index (χ4n) is 2.19. The topological polar surface area (TPSA) is 76.1 Å². The largest absolute Gasteiger partial charge is 0.444 e. The maximum absolute atomic E-state index is 12.1. The van der Waals surface area contributed by atoms with Crippen molar-refractivity contribution in [3.63, 3.8) is 0 Å². The number of rotatable bonds is 4. The highest BCUT2D eigenvalue weighted by atomic mass is 16.6. The molecule has 0 spiro atoms. The van der Waals surface area contributed by atoms with Gasteiger partial charge >= 0.3 is 6.09 Å². The van der Waals surface area contributed by atoms with Crippen LogP contribution in [0, 0.1) is 0 Å². The van der Waals surface area contributed by atoms with Crippen LogP contribution in [0.3, 0.4) is 0 Å². The molecule has 164 valence electrons. The van der Waals surface area contributed by atoms with Crippen molar-refractivity contribution in [3.05, 3.63) is 0 Å². The second-order valence-electron chi connectivity index (χ2n) is 7.16. The quantitative estimate of drug-likeness (QED) is 0.669. The van der Waals surface area contributed by atoms with Gasteiger partial charge in [0.1, 0.15) is 17.4 Å². The molecule has 0 saturated carbocycles. The molecule has 1 saturated heterocycles. The predicted octanol–water partition coefficient (Wildman–Crippen LogP) is 5.17. The Morgan fingerprint density at radius 2 is 1.67 bits per heavy atom. The molecule has 1 heterocycles. The van der Waals surface area contributed by atoms with E-state index in [9.17, 15) is 14.7 Å². The van der Waals surface area contributed by atoms with E-state index in [1.165, 1.54) is 24.2 Å². The Kier molecular flexibility index (Phi) is 18.0. The molecule has 1 amide bonds. The minimum Gasteiger partial charge on any atom is -0.444 e. The molecule has 2 unspecified atom stereocenters. The lowest BCUT2D eigenvalue weighted by Crippen LogP contribution is -2.53. The molecule has 0 aromatic carbocycles. The summed E-state index contributed by atoms with van der Waals surface area (Å²) in [7, 11) is 0. The van der Waals surface area contributed by atoms with Crippen molar-refractivity contribution in [2.75, 3.05) is 6.61 Å². The molecule has 1 aliphatic rings. The molecular formula is C21H45NO5. The summed E-state index contributed by atoms with van der Waals surface area (Å²) in [5, 5.41) is 9.61. The number of aliphatic hydroxyl groups is 1. The highest BCUT2D eigenvalue weighted by molar-refractivity contribution is 5.71. The Morgan fingerprint density at radius 1 is 1.22 bits per heavy atom. The number of aldehydes is 1. The summed E-state index contributed by atoms with van der Waals surface area (Å²) in [5.41, 5.74) is -1.55. The molecule has 0 radical (unpaired) electrons. The summed E-state index contributed by atoms with van der Waals surface area (Å²) < 4.78 is 10.7. The SMILES string of the molecule is CC.CC.CC(C)(C)OC(=O)N1C(C(O)C=O)COC1(C)C.CCCCC. The second kappa shape index (κ2) is 15.9. The summed E-state index contributed by atoms with van der Waals surface area (Å²) >= 11 is 0. The molecule has 0 aromatic rings. The Bertz CT molecular complexity index is 375. The van der Waals surface area contributed by atoms with Crippen molar-refractivity contribution in [2.45, 2.75) is 119 Å². The van der Waals surface area contributed by atoms with Crippen LogP contribution >= 0.6 is 0 Å². The molecular weight excluding hydrogens is 346 g/mol. The van der Waals surface area contributed by atoms with Crippen LogP contribution in [-0.2, 0) is 14.3 Å². The van der Waals surface area contributed by atoms with Gasteiger partial charge in [0.05, 0.1) is 12.6 Å². The normalized spacial score (nSPS) is 18.5. The first-order chi connectivity index (χ1) is 12.5. The molecule has 1 rings (SSSR count). The van der Waals surface area contributed by atoms with Gasteiger partial charge in [-0.3, -0.25) is 4.90 Å². The average Bonchev–Trinajstić information content (AvgIpc) is 2.93. The summed E-state index contributed by atoms with van der Waals surface area (Å²) in [6.45, 7) is 21.2. The van der Waals surface area contributed by atoms with Gasteiger partial charge < -0.3 is 19.4 Å². The zero-order valence-electron chi connectivity index (χ0n) is 19.6. The van der Waals surface area contributed by atoms with Crippen LogP contribution in [0.25, 0.3) is 0 Å². The van der Waals surface area contributed by atoms with Gasteiger partial charge in [0.25, 0.3) is 0 Å². The van der Waals surface area contributed by atoms with Gasteiger partial charge in [-0.1, -0.05) is 60.8 Å². The fourth-order valence-corrected chi connectivity index (χ4v) is 2.19. The highest BCUT2D eigenvalue weighted by Gasteiger charge is 2.48.